The Kier molecular flexibility index (Phi) is 5.19. The van der Waals surface area contributed by atoms with E-state index in [4.69, 9.17) is 0 Å². The highest BCUT2D eigenvalue weighted by Gasteiger charge is 2.15. The predicted molar refractivity (Wildman–Crippen MR) is 67.8 cm³/mol. The maximum Gasteiger partial charge on any atom is 0.147 e. The van der Waals surface area contributed by atoms with Gasteiger partial charge in [0.25, 0.3) is 0 Å². The van der Waals surface area contributed by atoms with Crippen molar-refractivity contribution < 1.29 is 0 Å². The lowest BCUT2D eigenvalue weighted by molar-refractivity contribution is 0.312. The summed E-state index contributed by atoms with van der Waals surface area (Å²) in [5.41, 5.74) is 0.987. The van der Waals surface area contributed by atoms with Gasteiger partial charge in [-0.2, -0.15) is 0 Å². The fourth-order valence-corrected chi connectivity index (χ4v) is 1.64. The monoisotopic (exact) mass is 222 g/mol. The van der Waals surface area contributed by atoms with Crippen LogP contribution in [-0.4, -0.2) is 48.1 Å². The SMILES string of the molecule is CC.Cc1cncc(N2CCN(C)CC2)n1. The van der Waals surface area contributed by atoms with Crippen LogP contribution in [0.15, 0.2) is 12.4 Å². The lowest BCUT2D eigenvalue weighted by Gasteiger charge is -2.33. The van der Waals surface area contributed by atoms with Crippen molar-refractivity contribution in [3.63, 3.8) is 0 Å². The second-order valence-electron chi connectivity index (χ2n) is 3.81. The molecule has 0 N–H and O–H groups in total. The normalized spacial score (nSPS) is 16.6. The van der Waals surface area contributed by atoms with Crippen molar-refractivity contribution in [3.05, 3.63) is 18.1 Å². The van der Waals surface area contributed by atoms with Crippen LogP contribution in [0.3, 0.4) is 0 Å². The van der Waals surface area contributed by atoms with Gasteiger partial charge in [0.15, 0.2) is 0 Å². The van der Waals surface area contributed by atoms with Gasteiger partial charge in [-0.1, -0.05) is 13.8 Å². The van der Waals surface area contributed by atoms with Gasteiger partial charge in [0.1, 0.15) is 5.82 Å². The van der Waals surface area contributed by atoms with Gasteiger partial charge >= 0.3 is 0 Å². The maximum absolute atomic E-state index is 4.47. The molecule has 0 bridgehead atoms. The molecule has 1 saturated heterocycles. The van der Waals surface area contributed by atoms with Crippen molar-refractivity contribution in [1.29, 1.82) is 0 Å². The molecule has 2 rings (SSSR count). The minimum atomic E-state index is 0.987. The largest absolute Gasteiger partial charge is 0.353 e. The summed E-state index contributed by atoms with van der Waals surface area (Å²) < 4.78 is 0. The molecule has 2 heterocycles. The van der Waals surface area contributed by atoms with E-state index in [0.717, 1.165) is 37.7 Å². The standard InChI is InChI=1S/C10H16N4.C2H6/c1-9-7-11-8-10(12-9)14-5-3-13(2)4-6-14;1-2/h7-8H,3-6H2,1-2H3;1-2H3. The average molecular weight is 222 g/mol. The lowest BCUT2D eigenvalue weighted by atomic mass is 10.3. The van der Waals surface area contributed by atoms with E-state index in [-0.39, 0.29) is 0 Å². The van der Waals surface area contributed by atoms with Crippen molar-refractivity contribution in [2.75, 3.05) is 38.1 Å². The molecule has 0 spiro atoms. The Labute approximate surface area is 98.3 Å². The van der Waals surface area contributed by atoms with Crippen molar-refractivity contribution in [1.82, 2.24) is 14.9 Å². The lowest BCUT2D eigenvalue weighted by Crippen LogP contribution is -2.44. The van der Waals surface area contributed by atoms with E-state index >= 15 is 0 Å². The van der Waals surface area contributed by atoms with Gasteiger partial charge in [-0.05, 0) is 14.0 Å². The molecule has 1 aliphatic rings. The van der Waals surface area contributed by atoms with E-state index in [2.05, 4.69) is 26.8 Å². The zero-order chi connectivity index (χ0) is 12.0. The van der Waals surface area contributed by atoms with Crippen LogP contribution in [0.25, 0.3) is 0 Å². The second kappa shape index (κ2) is 6.43. The minimum Gasteiger partial charge on any atom is -0.353 e. The van der Waals surface area contributed by atoms with E-state index in [0.29, 0.717) is 0 Å². The summed E-state index contributed by atoms with van der Waals surface area (Å²) in [6.07, 6.45) is 3.64. The molecule has 90 valence electrons. The topological polar surface area (TPSA) is 32.3 Å². The Morgan fingerprint density at radius 3 is 2.25 bits per heavy atom. The first kappa shape index (κ1) is 12.9. The van der Waals surface area contributed by atoms with Crippen LogP contribution in [0.4, 0.5) is 5.82 Å². The number of piperazine rings is 1. The van der Waals surface area contributed by atoms with Crippen LogP contribution in [0.2, 0.25) is 0 Å². The fourth-order valence-electron chi connectivity index (χ4n) is 1.64. The summed E-state index contributed by atoms with van der Waals surface area (Å²) in [4.78, 5) is 13.3. The molecule has 0 atom stereocenters. The van der Waals surface area contributed by atoms with Crippen LogP contribution in [0.5, 0.6) is 0 Å². The molecular weight excluding hydrogens is 200 g/mol. The quantitative estimate of drug-likeness (QED) is 0.722. The summed E-state index contributed by atoms with van der Waals surface area (Å²) in [7, 11) is 2.15. The van der Waals surface area contributed by atoms with E-state index in [1.54, 1.807) is 6.20 Å². The van der Waals surface area contributed by atoms with Gasteiger partial charge < -0.3 is 9.80 Å². The summed E-state index contributed by atoms with van der Waals surface area (Å²) in [5.74, 6) is 1.01. The number of anilines is 1. The number of aromatic nitrogens is 2. The van der Waals surface area contributed by atoms with E-state index in [9.17, 15) is 0 Å². The average Bonchev–Trinajstić information content (AvgIpc) is 2.32. The van der Waals surface area contributed by atoms with E-state index < -0.39 is 0 Å². The second-order valence-corrected chi connectivity index (χ2v) is 3.81. The first-order valence-electron chi connectivity index (χ1n) is 5.98. The van der Waals surface area contributed by atoms with Gasteiger partial charge in [-0.3, -0.25) is 4.98 Å². The summed E-state index contributed by atoms with van der Waals surface area (Å²) >= 11 is 0. The third-order valence-corrected chi connectivity index (χ3v) is 2.57. The van der Waals surface area contributed by atoms with E-state index in [1.165, 1.54) is 0 Å². The highest BCUT2D eigenvalue weighted by atomic mass is 15.3. The summed E-state index contributed by atoms with van der Waals surface area (Å²) in [5, 5.41) is 0. The Balaban J connectivity index is 0.000000606. The molecule has 0 aromatic carbocycles. The molecule has 16 heavy (non-hydrogen) atoms. The van der Waals surface area contributed by atoms with Gasteiger partial charge in [0, 0.05) is 32.4 Å². The van der Waals surface area contributed by atoms with Crippen molar-refractivity contribution in [2.24, 2.45) is 0 Å². The molecule has 1 fully saturated rings. The highest BCUT2D eigenvalue weighted by Crippen LogP contribution is 2.11. The van der Waals surface area contributed by atoms with Crippen LogP contribution in [-0.2, 0) is 0 Å². The third-order valence-electron chi connectivity index (χ3n) is 2.57. The molecule has 0 unspecified atom stereocenters. The summed E-state index contributed by atoms with van der Waals surface area (Å²) in [6, 6.07) is 0. The highest BCUT2D eigenvalue weighted by molar-refractivity contribution is 5.36. The zero-order valence-corrected chi connectivity index (χ0v) is 10.8. The molecule has 1 aliphatic heterocycles. The number of nitrogens with zero attached hydrogens (tertiary/aromatic N) is 4. The minimum absolute atomic E-state index is 0.987. The first-order valence-corrected chi connectivity index (χ1v) is 5.98. The van der Waals surface area contributed by atoms with E-state index in [1.807, 2.05) is 27.0 Å². The third kappa shape index (κ3) is 3.45. The van der Waals surface area contributed by atoms with Gasteiger partial charge in [-0.15, -0.1) is 0 Å². The van der Waals surface area contributed by atoms with Crippen LogP contribution < -0.4 is 4.90 Å². The molecule has 0 radical (unpaired) electrons. The van der Waals surface area contributed by atoms with Gasteiger partial charge in [-0.25, -0.2) is 4.98 Å². The van der Waals surface area contributed by atoms with Crippen molar-refractivity contribution in [3.8, 4) is 0 Å². The van der Waals surface area contributed by atoms with Gasteiger partial charge in [0.05, 0.1) is 11.9 Å². The number of hydrogen-bond donors (Lipinski definition) is 0. The number of likely N-dealkylation sites (N-methyl/N-ethyl adjacent to an activating group) is 1. The summed E-state index contributed by atoms with van der Waals surface area (Å²) in [6.45, 7) is 10.3. The Morgan fingerprint density at radius 1 is 1.06 bits per heavy atom. The van der Waals surface area contributed by atoms with Crippen molar-refractivity contribution in [2.45, 2.75) is 20.8 Å². The maximum atomic E-state index is 4.47. The zero-order valence-electron chi connectivity index (χ0n) is 10.8. The van der Waals surface area contributed by atoms with Crippen LogP contribution in [0, 0.1) is 6.92 Å². The van der Waals surface area contributed by atoms with Gasteiger partial charge in [0.2, 0.25) is 0 Å². The molecule has 0 aliphatic carbocycles. The predicted octanol–water partition coefficient (Wildman–Crippen LogP) is 1.56. The Morgan fingerprint density at radius 2 is 1.69 bits per heavy atom. The van der Waals surface area contributed by atoms with Crippen LogP contribution in [0.1, 0.15) is 19.5 Å². The molecule has 1 aromatic rings. The Bertz CT molecular complexity index is 306. The number of rotatable bonds is 1. The number of hydrogen-bond acceptors (Lipinski definition) is 4. The molecule has 0 amide bonds. The smallest absolute Gasteiger partial charge is 0.147 e. The molecule has 4 heteroatoms. The molecular formula is C12H22N4. The molecule has 4 nitrogen and oxygen atoms in total. The van der Waals surface area contributed by atoms with Crippen LogP contribution >= 0.6 is 0 Å². The number of aryl methyl sites for hydroxylation is 1. The molecule has 1 aromatic heterocycles. The fraction of sp³-hybridized carbons (Fsp3) is 0.667. The van der Waals surface area contributed by atoms with Crippen molar-refractivity contribution >= 4 is 5.82 Å². The Hall–Kier alpha value is -1.16. The first-order chi connectivity index (χ1) is 7.75. The molecule has 0 saturated carbocycles.